The normalized spacial score (nSPS) is 10.9. The highest BCUT2D eigenvalue weighted by Gasteiger charge is 2.11. The minimum atomic E-state index is -0.820. The lowest BCUT2D eigenvalue weighted by Gasteiger charge is -2.17. The second-order valence-electron chi connectivity index (χ2n) is 3.19. The average Bonchev–Trinajstić information content (AvgIpc) is 2.63. The van der Waals surface area contributed by atoms with Gasteiger partial charge in [-0.15, -0.1) is 0 Å². The van der Waals surface area contributed by atoms with Gasteiger partial charge >= 0.3 is 5.97 Å². The van der Waals surface area contributed by atoms with Gasteiger partial charge in [-0.1, -0.05) is 6.92 Å². The van der Waals surface area contributed by atoms with E-state index >= 15 is 0 Å². The van der Waals surface area contributed by atoms with Crippen LogP contribution in [0.5, 0.6) is 0 Å². The number of aryl methyl sites for hydroxylation is 1. The minimum Gasteiger partial charge on any atom is -0.480 e. The molecule has 0 amide bonds. The molecular formula is C9H16N4O2. The number of carboxylic acid groups (broad SMARTS) is 1. The Morgan fingerprint density at radius 2 is 2.33 bits per heavy atom. The van der Waals surface area contributed by atoms with E-state index in [1.165, 1.54) is 6.33 Å². The summed E-state index contributed by atoms with van der Waals surface area (Å²) in [5.74, 6) is -0.0139. The first-order valence-corrected chi connectivity index (χ1v) is 4.98. The number of likely N-dealkylation sites (N-methyl/N-ethyl adjacent to an activating group) is 1. The smallest absolute Gasteiger partial charge is 0.317 e. The van der Waals surface area contributed by atoms with Gasteiger partial charge < -0.3 is 5.11 Å². The van der Waals surface area contributed by atoms with Gasteiger partial charge in [0.2, 0.25) is 0 Å². The van der Waals surface area contributed by atoms with Crippen LogP contribution in [0.1, 0.15) is 19.7 Å². The molecule has 0 spiro atoms. The van der Waals surface area contributed by atoms with Gasteiger partial charge in [0, 0.05) is 6.54 Å². The molecule has 6 heteroatoms. The van der Waals surface area contributed by atoms with E-state index in [-0.39, 0.29) is 6.54 Å². The summed E-state index contributed by atoms with van der Waals surface area (Å²) < 4.78 is 1.77. The minimum absolute atomic E-state index is 0.0348. The molecule has 1 aromatic heterocycles. The third-order valence-corrected chi connectivity index (χ3v) is 2.17. The number of aliphatic carboxylic acids is 1. The number of aromatic nitrogens is 3. The maximum atomic E-state index is 10.6. The van der Waals surface area contributed by atoms with Crippen molar-refractivity contribution in [1.82, 2.24) is 19.7 Å². The van der Waals surface area contributed by atoms with Crippen LogP contribution in [0.4, 0.5) is 0 Å². The number of hydrogen-bond acceptors (Lipinski definition) is 4. The van der Waals surface area contributed by atoms with E-state index in [9.17, 15) is 4.79 Å². The van der Waals surface area contributed by atoms with E-state index in [4.69, 9.17) is 5.11 Å². The number of rotatable bonds is 6. The second-order valence-corrected chi connectivity index (χ2v) is 3.19. The van der Waals surface area contributed by atoms with E-state index in [0.29, 0.717) is 13.1 Å². The first-order valence-electron chi connectivity index (χ1n) is 4.98. The summed E-state index contributed by atoms with van der Waals surface area (Å²) in [6.45, 7) is 5.90. The van der Waals surface area contributed by atoms with Gasteiger partial charge in [-0.25, -0.2) is 9.67 Å². The first kappa shape index (κ1) is 11.6. The van der Waals surface area contributed by atoms with Crippen molar-refractivity contribution in [1.29, 1.82) is 0 Å². The van der Waals surface area contributed by atoms with Crippen molar-refractivity contribution >= 4 is 5.97 Å². The second kappa shape index (κ2) is 5.45. The molecule has 0 radical (unpaired) electrons. The van der Waals surface area contributed by atoms with E-state index in [0.717, 1.165) is 12.4 Å². The monoisotopic (exact) mass is 212 g/mol. The van der Waals surface area contributed by atoms with Gasteiger partial charge in [0.1, 0.15) is 12.2 Å². The van der Waals surface area contributed by atoms with Crippen LogP contribution >= 0.6 is 0 Å². The van der Waals surface area contributed by atoms with Crippen molar-refractivity contribution in [2.45, 2.75) is 26.9 Å². The molecule has 1 rings (SSSR count). The maximum absolute atomic E-state index is 10.6. The molecule has 1 N–H and O–H groups in total. The summed E-state index contributed by atoms with van der Waals surface area (Å²) in [4.78, 5) is 16.5. The molecule has 1 heterocycles. The van der Waals surface area contributed by atoms with Crippen molar-refractivity contribution in [3.05, 3.63) is 12.2 Å². The molecule has 0 saturated heterocycles. The Balaban J connectivity index is 2.62. The van der Waals surface area contributed by atoms with Crippen LogP contribution in [0, 0.1) is 0 Å². The molecule has 0 atom stereocenters. The van der Waals surface area contributed by atoms with E-state index in [1.54, 1.807) is 9.58 Å². The predicted molar refractivity (Wildman–Crippen MR) is 54.3 cm³/mol. The van der Waals surface area contributed by atoms with Gasteiger partial charge in [0.25, 0.3) is 0 Å². The highest BCUT2D eigenvalue weighted by molar-refractivity contribution is 5.69. The summed E-state index contributed by atoms with van der Waals surface area (Å²) >= 11 is 0. The van der Waals surface area contributed by atoms with Crippen molar-refractivity contribution in [3.63, 3.8) is 0 Å². The quantitative estimate of drug-likeness (QED) is 0.729. The van der Waals surface area contributed by atoms with Gasteiger partial charge in [0.05, 0.1) is 13.1 Å². The molecule has 0 saturated carbocycles. The summed E-state index contributed by atoms with van der Waals surface area (Å²) in [7, 11) is 0. The standard InChI is InChI=1S/C9H16N4O2/c1-3-12(6-9(14)15)5-8-10-7-11-13(8)4-2/h7H,3-6H2,1-2H3,(H,14,15). The van der Waals surface area contributed by atoms with Crippen LogP contribution in [0.3, 0.4) is 0 Å². The van der Waals surface area contributed by atoms with Crippen molar-refractivity contribution < 1.29 is 9.90 Å². The Morgan fingerprint density at radius 1 is 1.60 bits per heavy atom. The summed E-state index contributed by atoms with van der Waals surface area (Å²) in [6.07, 6.45) is 1.49. The topological polar surface area (TPSA) is 71.2 Å². The van der Waals surface area contributed by atoms with Crippen LogP contribution in [0.25, 0.3) is 0 Å². The summed E-state index contributed by atoms with van der Waals surface area (Å²) in [5.41, 5.74) is 0. The Bertz CT molecular complexity index is 324. The highest BCUT2D eigenvalue weighted by atomic mass is 16.4. The first-order chi connectivity index (χ1) is 7.17. The van der Waals surface area contributed by atoms with Crippen molar-refractivity contribution in [2.24, 2.45) is 0 Å². The van der Waals surface area contributed by atoms with Gasteiger partial charge in [-0.3, -0.25) is 9.69 Å². The molecule has 0 aliphatic rings. The van der Waals surface area contributed by atoms with Gasteiger partial charge in [0.15, 0.2) is 0 Å². The molecular weight excluding hydrogens is 196 g/mol. The largest absolute Gasteiger partial charge is 0.480 e. The van der Waals surface area contributed by atoms with E-state index in [1.807, 2.05) is 13.8 Å². The number of nitrogens with zero attached hydrogens (tertiary/aromatic N) is 4. The number of hydrogen-bond donors (Lipinski definition) is 1. The fraction of sp³-hybridized carbons (Fsp3) is 0.667. The zero-order valence-corrected chi connectivity index (χ0v) is 9.05. The Morgan fingerprint density at radius 3 is 2.87 bits per heavy atom. The molecule has 84 valence electrons. The zero-order valence-electron chi connectivity index (χ0n) is 9.05. The van der Waals surface area contributed by atoms with E-state index in [2.05, 4.69) is 10.1 Å². The lowest BCUT2D eigenvalue weighted by molar-refractivity contribution is -0.138. The van der Waals surface area contributed by atoms with E-state index < -0.39 is 5.97 Å². The Labute approximate surface area is 88.5 Å². The fourth-order valence-corrected chi connectivity index (χ4v) is 1.35. The Hall–Kier alpha value is -1.43. The van der Waals surface area contributed by atoms with Crippen LogP contribution < -0.4 is 0 Å². The molecule has 0 aliphatic carbocycles. The van der Waals surface area contributed by atoms with Crippen molar-refractivity contribution in [3.8, 4) is 0 Å². The molecule has 0 bridgehead atoms. The third kappa shape index (κ3) is 3.32. The SMILES string of the molecule is CCN(CC(=O)O)Cc1ncnn1CC. The number of carbonyl (C=O) groups is 1. The Kier molecular flexibility index (Phi) is 4.23. The van der Waals surface area contributed by atoms with Crippen molar-refractivity contribution in [2.75, 3.05) is 13.1 Å². The third-order valence-electron chi connectivity index (χ3n) is 2.17. The molecule has 1 aromatic rings. The average molecular weight is 212 g/mol. The predicted octanol–water partition coefficient (Wildman–Crippen LogP) is 0.204. The molecule has 6 nitrogen and oxygen atoms in total. The summed E-state index contributed by atoms with van der Waals surface area (Å²) in [6, 6.07) is 0. The molecule has 0 aromatic carbocycles. The maximum Gasteiger partial charge on any atom is 0.317 e. The molecule has 0 fully saturated rings. The number of carboxylic acids is 1. The highest BCUT2D eigenvalue weighted by Crippen LogP contribution is 2.00. The molecule has 0 aliphatic heterocycles. The molecule has 0 unspecified atom stereocenters. The van der Waals surface area contributed by atoms with Crippen LogP contribution in [0.2, 0.25) is 0 Å². The fourth-order valence-electron chi connectivity index (χ4n) is 1.35. The zero-order chi connectivity index (χ0) is 11.3. The lowest BCUT2D eigenvalue weighted by atomic mass is 10.4. The van der Waals surface area contributed by atoms with Crippen LogP contribution in [-0.2, 0) is 17.9 Å². The van der Waals surface area contributed by atoms with Gasteiger partial charge in [-0.05, 0) is 13.5 Å². The van der Waals surface area contributed by atoms with Crippen LogP contribution in [0.15, 0.2) is 6.33 Å². The molecule has 15 heavy (non-hydrogen) atoms. The van der Waals surface area contributed by atoms with Gasteiger partial charge in [-0.2, -0.15) is 5.10 Å². The lowest BCUT2D eigenvalue weighted by Crippen LogP contribution is -2.30. The summed E-state index contributed by atoms with van der Waals surface area (Å²) in [5, 5.41) is 12.7. The van der Waals surface area contributed by atoms with Crippen LogP contribution in [-0.4, -0.2) is 43.8 Å².